The van der Waals surface area contributed by atoms with Crippen LogP contribution in [0.25, 0.3) is 0 Å². The van der Waals surface area contributed by atoms with Crippen molar-refractivity contribution >= 4 is 5.91 Å². The van der Waals surface area contributed by atoms with E-state index in [1.54, 1.807) is 6.26 Å². The van der Waals surface area contributed by atoms with Gasteiger partial charge in [0.05, 0.1) is 17.7 Å². The van der Waals surface area contributed by atoms with Crippen molar-refractivity contribution in [3.8, 4) is 0 Å². The molecule has 21 heavy (non-hydrogen) atoms. The monoisotopic (exact) mass is 281 g/mol. The topological polar surface area (TPSA) is 42.2 Å². The van der Waals surface area contributed by atoms with Gasteiger partial charge in [-0.2, -0.15) is 0 Å². The van der Waals surface area contributed by atoms with Crippen LogP contribution < -0.4 is 5.32 Å². The minimum absolute atomic E-state index is 0.112. The number of hydrogen-bond donors (Lipinski definition) is 1. The third kappa shape index (κ3) is 2.08. The van der Waals surface area contributed by atoms with Crippen LogP contribution in [-0.2, 0) is 16.6 Å². The van der Waals surface area contributed by atoms with E-state index in [1.165, 1.54) is 5.56 Å². The number of nitrogens with one attached hydrogen (secondary N) is 1. The fourth-order valence-corrected chi connectivity index (χ4v) is 3.46. The first-order valence-electron chi connectivity index (χ1n) is 7.72. The van der Waals surface area contributed by atoms with Crippen molar-refractivity contribution in [3.05, 3.63) is 59.5 Å². The van der Waals surface area contributed by atoms with E-state index in [0.29, 0.717) is 0 Å². The summed E-state index contributed by atoms with van der Waals surface area (Å²) in [4.78, 5) is 12.8. The maximum Gasteiger partial charge on any atom is 0.231 e. The van der Waals surface area contributed by atoms with E-state index in [4.69, 9.17) is 4.42 Å². The highest BCUT2D eigenvalue weighted by atomic mass is 16.3. The van der Waals surface area contributed by atoms with Gasteiger partial charge in [-0.25, -0.2) is 0 Å². The standard InChI is InChI=1S/C18H19NO2/c20-17(18(10-11-18)13-5-2-1-3-6-13)19-15-7-4-8-16-14(15)9-12-21-16/h1-3,5-6,9,12,15H,4,7-8,10-11H2,(H,19,20). The summed E-state index contributed by atoms with van der Waals surface area (Å²) in [6.45, 7) is 0. The van der Waals surface area contributed by atoms with Crippen LogP contribution in [0, 0.1) is 0 Å². The van der Waals surface area contributed by atoms with Gasteiger partial charge in [-0.15, -0.1) is 0 Å². The Labute approximate surface area is 124 Å². The normalized spacial score (nSPS) is 22.4. The molecule has 3 nitrogen and oxygen atoms in total. The first kappa shape index (κ1) is 12.7. The summed E-state index contributed by atoms with van der Waals surface area (Å²) in [5.74, 6) is 1.21. The summed E-state index contributed by atoms with van der Waals surface area (Å²) in [5, 5.41) is 3.26. The van der Waals surface area contributed by atoms with E-state index in [9.17, 15) is 4.79 Å². The summed E-state index contributed by atoms with van der Waals surface area (Å²) < 4.78 is 5.50. The van der Waals surface area contributed by atoms with Gasteiger partial charge in [-0.1, -0.05) is 30.3 Å². The third-order valence-corrected chi connectivity index (χ3v) is 4.87. The van der Waals surface area contributed by atoms with Gasteiger partial charge in [0.2, 0.25) is 5.91 Å². The van der Waals surface area contributed by atoms with Crippen LogP contribution in [-0.4, -0.2) is 5.91 Å². The minimum atomic E-state index is -0.289. The molecule has 1 saturated carbocycles. The Morgan fingerprint density at radius 2 is 2.00 bits per heavy atom. The van der Waals surface area contributed by atoms with Gasteiger partial charge in [0.15, 0.2) is 0 Å². The van der Waals surface area contributed by atoms with Crippen LogP contribution in [0.1, 0.15) is 48.6 Å². The van der Waals surface area contributed by atoms with Crippen LogP contribution in [0.15, 0.2) is 47.1 Å². The summed E-state index contributed by atoms with van der Waals surface area (Å²) in [6.07, 6.45) is 6.70. The van der Waals surface area contributed by atoms with Crippen LogP contribution in [0.2, 0.25) is 0 Å². The maximum atomic E-state index is 12.8. The second kappa shape index (κ2) is 4.76. The molecule has 0 spiro atoms. The fraction of sp³-hybridized carbons (Fsp3) is 0.389. The van der Waals surface area contributed by atoms with E-state index in [-0.39, 0.29) is 17.4 Å². The van der Waals surface area contributed by atoms with Crippen LogP contribution in [0.3, 0.4) is 0 Å². The molecule has 1 unspecified atom stereocenters. The number of hydrogen-bond acceptors (Lipinski definition) is 2. The molecule has 0 radical (unpaired) electrons. The van der Waals surface area contributed by atoms with E-state index in [0.717, 1.165) is 43.4 Å². The lowest BCUT2D eigenvalue weighted by molar-refractivity contribution is -0.124. The summed E-state index contributed by atoms with van der Waals surface area (Å²) in [6, 6.07) is 12.3. The number of carbonyl (C=O) groups is 1. The van der Waals surface area contributed by atoms with Crippen LogP contribution in [0.5, 0.6) is 0 Å². The molecule has 1 amide bonds. The molecule has 1 heterocycles. The van der Waals surface area contributed by atoms with Gasteiger partial charge in [0.25, 0.3) is 0 Å². The van der Waals surface area contributed by atoms with Crippen molar-refractivity contribution in [2.45, 2.75) is 43.6 Å². The Hall–Kier alpha value is -2.03. The molecule has 108 valence electrons. The van der Waals surface area contributed by atoms with E-state index < -0.39 is 0 Å². The van der Waals surface area contributed by atoms with Gasteiger partial charge in [0, 0.05) is 12.0 Å². The molecule has 2 aromatic rings. The number of carbonyl (C=O) groups excluding carboxylic acids is 1. The average Bonchev–Trinajstić information content (AvgIpc) is 3.20. The zero-order chi connectivity index (χ0) is 14.3. The van der Waals surface area contributed by atoms with Crippen LogP contribution >= 0.6 is 0 Å². The van der Waals surface area contributed by atoms with Crippen molar-refractivity contribution in [1.82, 2.24) is 5.32 Å². The number of rotatable bonds is 3. The Bertz CT molecular complexity index is 655. The Balaban J connectivity index is 1.55. The molecule has 2 aliphatic carbocycles. The predicted octanol–water partition coefficient (Wildman–Crippen LogP) is 3.51. The summed E-state index contributed by atoms with van der Waals surface area (Å²) in [7, 11) is 0. The molecule has 2 aliphatic rings. The smallest absolute Gasteiger partial charge is 0.231 e. The first-order valence-corrected chi connectivity index (χ1v) is 7.72. The SMILES string of the molecule is O=C(NC1CCCc2occc21)C1(c2ccccc2)CC1. The molecule has 4 rings (SSSR count). The second-order valence-electron chi connectivity index (χ2n) is 6.17. The van der Waals surface area contributed by atoms with Crippen LogP contribution in [0.4, 0.5) is 0 Å². The van der Waals surface area contributed by atoms with Gasteiger partial charge in [-0.3, -0.25) is 4.79 Å². The number of aryl methyl sites for hydroxylation is 1. The summed E-state index contributed by atoms with van der Waals surface area (Å²) >= 11 is 0. The maximum absolute atomic E-state index is 12.8. The van der Waals surface area contributed by atoms with Crippen molar-refractivity contribution in [1.29, 1.82) is 0 Å². The fourth-order valence-electron chi connectivity index (χ4n) is 3.46. The molecule has 0 aliphatic heterocycles. The van der Waals surface area contributed by atoms with E-state index in [1.807, 2.05) is 24.3 Å². The van der Waals surface area contributed by atoms with Crippen molar-refractivity contribution < 1.29 is 9.21 Å². The molecule has 3 heteroatoms. The van der Waals surface area contributed by atoms with Crippen molar-refractivity contribution in [3.63, 3.8) is 0 Å². The number of fused-ring (bicyclic) bond motifs is 1. The lowest BCUT2D eigenvalue weighted by Crippen LogP contribution is -2.38. The highest BCUT2D eigenvalue weighted by Gasteiger charge is 2.51. The lowest BCUT2D eigenvalue weighted by Gasteiger charge is -2.25. The van der Waals surface area contributed by atoms with Gasteiger partial charge in [0.1, 0.15) is 5.76 Å². The predicted molar refractivity (Wildman–Crippen MR) is 79.9 cm³/mol. The van der Waals surface area contributed by atoms with E-state index in [2.05, 4.69) is 17.4 Å². The van der Waals surface area contributed by atoms with Crippen molar-refractivity contribution in [2.75, 3.05) is 0 Å². The first-order chi connectivity index (χ1) is 10.3. The largest absolute Gasteiger partial charge is 0.469 e. The molecule has 1 aromatic heterocycles. The molecule has 1 fully saturated rings. The third-order valence-electron chi connectivity index (χ3n) is 4.87. The van der Waals surface area contributed by atoms with Gasteiger partial charge < -0.3 is 9.73 Å². The Kier molecular flexibility index (Phi) is 2.88. The van der Waals surface area contributed by atoms with Gasteiger partial charge in [-0.05, 0) is 37.3 Å². The molecular weight excluding hydrogens is 262 g/mol. The molecule has 1 aromatic carbocycles. The van der Waals surface area contributed by atoms with E-state index >= 15 is 0 Å². The zero-order valence-corrected chi connectivity index (χ0v) is 12.0. The van der Waals surface area contributed by atoms with Gasteiger partial charge >= 0.3 is 0 Å². The molecule has 1 atom stereocenters. The lowest BCUT2D eigenvalue weighted by atomic mass is 9.90. The number of furan rings is 1. The van der Waals surface area contributed by atoms with Crippen molar-refractivity contribution in [2.24, 2.45) is 0 Å². The minimum Gasteiger partial charge on any atom is -0.469 e. The highest BCUT2D eigenvalue weighted by molar-refractivity contribution is 5.91. The Morgan fingerprint density at radius 3 is 2.76 bits per heavy atom. The zero-order valence-electron chi connectivity index (χ0n) is 12.0. The average molecular weight is 281 g/mol. The quantitative estimate of drug-likeness (QED) is 0.935. The second-order valence-corrected chi connectivity index (χ2v) is 6.17. The molecule has 1 N–H and O–H groups in total. The molecule has 0 saturated heterocycles. The summed E-state index contributed by atoms with van der Waals surface area (Å²) in [5.41, 5.74) is 2.02. The number of benzene rings is 1. The number of amides is 1. The highest BCUT2D eigenvalue weighted by Crippen LogP contribution is 2.49. The molecule has 0 bridgehead atoms. The molecular formula is C18H19NO2. The Morgan fingerprint density at radius 1 is 1.19 bits per heavy atom.